The van der Waals surface area contributed by atoms with E-state index in [4.69, 9.17) is 0 Å². The largest absolute Gasteiger partial charge is 0.296 e. The summed E-state index contributed by atoms with van der Waals surface area (Å²) in [4.78, 5) is 23.4. The van der Waals surface area contributed by atoms with Gasteiger partial charge in [-0.2, -0.15) is 0 Å². The monoisotopic (exact) mass is 213 g/mol. The number of hydrogen-bond acceptors (Lipinski definition) is 4. The van der Waals surface area contributed by atoms with Crippen LogP contribution < -0.4 is 0 Å². The Labute approximate surface area is 93.4 Å². The SMILES string of the molecule is Cc1cc(-c2ncccn2)c(C=O)nc1C. The molecule has 0 aliphatic heterocycles. The second-order valence-corrected chi connectivity index (χ2v) is 3.51. The lowest BCUT2D eigenvalue weighted by Crippen LogP contribution is -1.99. The number of carbonyl (C=O) groups is 1. The summed E-state index contributed by atoms with van der Waals surface area (Å²) in [6, 6.07) is 3.62. The first kappa shape index (κ1) is 10.4. The second-order valence-electron chi connectivity index (χ2n) is 3.51. The molecule has 0 spiro atoms. The molecule has 16 heavy (non-hydrogen) atoms. The van der Waals surface area contributed by atoms with Gasteiger partial charge < -0.3 is 0 Å². The lowest BCUT2D eigenvalue weighted by molar-refractivity contribution is 0.111. The number of aldehydes is 1. The average Bonchev–Trinajstić information content (AvgIpc) is 2.33. The molecule has 2 aromatic heterocycles. The summed E-state index contributed by atoms with van der Waals surface area (Å²) in [6.07, 6.45) is 4.02. The van der Waals surface area contributed by atoms with E-state index in [1.807, 2.05) is 19.9 Å². The quantitative estimate of drug-likeness (QED) is 0.715. The summed E-state index contributed by atoms with van der Waals surface area (Å²) in [7, 11) is 0. The summed E-state index contributed by atoms with van der Waals surface area (Å²) >= 11 is 0. The van der Waals surface area contributed by atoms with Crippen LogP contribution in [0.15, 0.2) is 24.5 Å². The number of hydrogen-bond donors (Lipinski definition) is 0. The van der Waals surface area contributed by atoms with Gasteiger partial charge in [0.15, 0.2) is 12.1 Å². The number of rotatable bonds is 2. The fraction of sp³-hybridized carbons (Fsp3) is 0.167. The molecule has 0 aliphatic rings. The molecule has 0 aliphatic carbocycles. The molecule has 2 aromatic rings. The number of aryl methyl sites for hydroxylation is 2. The van der Waals surface area contributed by atoms with E-state index < -0.39 is 0 Å². The van der Waals surface area contributed by atoms with Crippen molar-refractivity contribution in [3.8, 4) is 11.4 Å². The minimum Gasteiger partial charge on any atom is -0.296 e. The zero-order valence-electron chi connectivity index (χ0n) is 9.14. The number of nitrogens with zero attached hydrogens (tertiary/aromatic N) is 3. The van der Waals surface area contributed by atoms with Gasteiger partial charge >= 0.3 is 0 Å². The topological polar surface area (TPSA) is 55.7 Å². The van der Waals surface area contributed by atoms with Gasteiger partial charge in [0, 0.05) is 23.7 Å². The van der Waals surface area contributed by atoms with E-state index in [-0.39, 0.29) is 0 Å². The summed E-state index contributed by atoms with van der Waals surface area (Å²) in [5.41, 5.74) is 2.93. The smallest absolute Gasteiger partial charge is 0.169 e. The van der Waals surface area contributed by atoms with Crippen LogP contribution in [-0.4, -0.2) is 21.2 Å². The first-order chi connectivity index (χ1) is 7.72. The maximum Gasteiger partial charge on any atom is 0.169 e. The second kappa shape index (κ2) is 4.18. The van der Waals surface area contributed by atoms with Gasteiger partial charge in [0.1, 0.15) is 5.69 Å². The zero-order chi connectivity index (χ0) is 11.5. The normalized spacial score (nSPS) is 10.1. The number of carbonyl (C=O) groups excluding carboxylic acids is 1. The van der Waals surface area contributed by atoms with Crippen molar-refractivity contribution in [2.75, 3.05) is 0 Å². The summed E-state index contributed by atoms with van der Waals surface area (Å²) in [5.74, 6) is 0.528. The molecule has 2 rings (SSSR count). The molecule has 0 atom stereocenters. The highest BCUT2D eigenvalue weighted by molar-refractivity contribution is 5.83. The molecule has 0 unspecified atom stereocenters. The minimum atomic E-state index is 0.384. The van der Waals surface area contributed by atoms with Crippen molar-refractivity contribution in [1.29, 1.82) is 0 Å². The van der Waals surface area contributed by atoms with Crippen LogP contribution in [0.3, 0.4) is 0 Å². The maximum atomic E-state index is 10.9. The van der Waals surface area contributed by atoms with E-state index in [0.717, 1.165) is 17.5 Å². The first-order valence-electron chi connectivity index (χ1n) is 4.93. The van der Waals surface area contributed by atoms with Crippen molar-refractivity contribution in [3.63, 3.8) is 0 Å². The van der Waals surface area contributed by atoms with Crippen LogP contribution >= 0.6 is 0 Å². The van der Waals surface area contributed by atoms with Crippen LogP contribution in [0.25, 0.3) is 11.4 Å². The van der Waals surface area contributed by atoms with Gasteiger partial charge in [0.05, 0.1) is 0 Å². The summed E-state index contributed by atoms with van der Waals surface area (Å²) < 4.78 is 0. The number of aromatic nitrogens is 3. The fourth-order valence-electron chi connectivity index (χ4n) is 1.43. The molecule has 0 saturated heterocycles. The van der Waals surface area contributed by atoms with Gasteiger partial charge in [0.25, 0.3) is 0 Å². The van der Waals surface area contributed by atoms with E-state index in [1.54, 1.807) is 18.5 Å². The molecule has 2 heterocycles. The van der Waals surface area contributed by atoms with Crippen LogP contribution in [0.4, 0.5) is 0 Å². The highest BCUT2D eigenvalue weighted by atomic mass is 16.1. The van der Waals surface area contributed by atoms with Crippen LogP contribution in [0.5, 0.6) is 0 Å². The van der Waals surface area contributed by atoms with Crippen LogP contribution in [0, 0.1) is 13.8 Å². The van der Waals surface area contributed by atoms with E-state index >= 15 is 0 Å². The highest BCUT2D eigenvalue weighted by Gasteiger charge is 2.10. The molecule has 0 N–H and O–H groups in total. The van der Waals surface area contributed by atoms with Gasteiger partial charge in [-0.3, -0.25) is 4.79 Å². The van der Waals surface area contributed by atoms with Gasteiger partial charge in [-0.1, -0.05) is 0 Å². The Hall–Kier alpha value is -2.10. The predicted octanol–water partition coefficient (Wildman–Crippen LogP) is 1.97. The molecule has 0 radical (unpaired) electrons. The molecule has 0 bridgehead atoms. The van der Waals surface area contributed by atoms with Crippen LogP contribution in [0.1, 0.15) is 21.7 Å². The third kappa shape index (κ3) is 1.82. The Balaban J connectivity index is 2.65. The highest BCUT2D eigenvalue weighted by Crippen LogP contribution is 2.19. The van der Waals surface area contributed by atoms with E-state index in [9.17, 15) is 4.79 Å². The zero-order valence-corrected chi connectivity index (χ0v) is 9.14. The molecule has 0 amide bonds. The third-order valence-electron chi connectivity index (χ3n) is 2.41. The Morgan fingerprint density at radius 3 is 2.50 bits per heavy atom. The predicted molar refractivity (Wildman–Crippen MR) is 60.1 cm³/mol. The van der Waals surface area contributed by atoms with Crippen molar-refractivity contribution >= 4 is 6.29 Å². The Kier molecular flexibility index (Phi) is 2.72. The van der Waals surface area contributed by atoms with Crippen molar-refractivity contribution in [1.82, 2.24) is 15.0 Å². The first-order valence-corrected chi connectivity index (χ1v) is 4.93. The molecule has 4 nitrogen and oxygen atoms in total. The molecular weight excluding hydrogens is 202 g/mol. The van der Waals surface area contributed by atoms with Crippen LogP contribution in [-0.2, 0) is 0 Å². The Bertz CT molecular complexity index is 523. The fourth-order valence-corrected chi connectivity index (χ4v) is 1.43. The molecular formula is C12H11N3O. The van der Waals surface area contributed by atoms with Crippen molar-refractivity contribution in [2.45, 2.75) is 13.8 Å². The number of pyridine rings is 1. The summed E-state index contributed by atoms with van der Waals surface area (Å²) in [5, 5.41) is 0. The van der Waals surface area contributed by atoms with Gasteiger partial charge in [0.2, 0.25) is 0 Å². The van der Waals surface area contributed by atoms with E-state index in [2.05, 4.69) is 15.0 Å². The Morgan fingerprint density at radius 2 is 1.88 bits per heavy atom. The minimum absolute atomic E-state index is 0.384. The van der Waals surface area contributed by atoms with Gasteiger partial charge in [-0.25, -0.2) is 15.0 Å². The Morgan fingerprint density at radius 1 is 1.19 bits per heavy atom. The lowest BCUT2D eigenvalue weighted by Gasteiger charge is -2.06. The van der Waals surface area contributed by atoms with Crippen molar-refractivity contribution in [3.05, 3.63) is 41.5 Å². The van der Waals surface area contributed by atoms with E-state index in [0.29, 0.717) is 17.1 Å². The molecule has 4 heteroatoms. The summed E-state index contributed by atoms with van der Waals surface area (Å²) in [6.45, 7) is 3.82. The van der Waals surface area contributed by atoms with Crippen molar-refractivity contribution < 1.29 is 4.79 Å². The van der Waals surface area contributed by atoms with Gasteiger partial charge in [-0.05, 0) is 31.5 Å². The lowest BCUT2D eigenvalue weighted by atomic mass is 10.1. The average molecular weight is 213 g/mol. The third-order valence-corrected chi connectivity index (χ3v) is 2.41. The van der Waals surface area contributed by atoms with Crippen LogP contribution in [0.2, 0.25) is 0 Å². The van der Waals surface area contributed by atoms with Crippen molar-refractivity contribution in [2.24, 2.45) is 0 Å². The molecule has 0 saturated carbocycles. The standard InChI is InChI=1S/C12H11N3O/c1-8-6-10(11(7-16)15-9(8)2)12-13-4-3-5-14-12/h3-7H,1-2H3. The van der Waals surface area contributed by atoms with Gasteiger partial charge in [-0.15, -0.1) is 0 Å². The molecule has 80 valence electrons. The maximum absolute atomic E-state index is 10.9. The molecule has 0 fully saturated rings. The van der Waals surface area contributed by atoms with E-state index in [1.165, 1.54) is 0 Å². The molecule has 0 aromatic carbocycles.